The number of alkyl halides is 1. The summed E-state index contributed by atoms with van der Waals surface area (Å²) in [7, 11) is 0. The molecule has 0 radical (unpaired) electrons. The highest BCUT2D eigenvalue weighted by Crippen LogP contribution is 2.42. The van der Waals surface area contributed by atoms with Crippen LogP contribution in [0.4, 0.5) is 0 Å². The van der Waals surface area contributed by atoms with Crippen molar-refractivity contribution in [1.29, 1.82) is 0 Å². The monoisotopic (exact) mass is 306 g/mol. The van der Waals surface area contributed by atoms with E-state index in [4.69, 9.17) is 11.6 Å². The fraction of sp³-hybridized carbons (Fsp3) is 0.600. The molecule has 118 valence electrons. The molecular weight excluding hydrogens is 276 g/mol. The third-order valence-electron chi connectivity index (χ3n) is 4.51. The minimum atomic E-state index is -0.417. The number of halogens is 1. The Morgan fingerprint density at radius 2 is 1.67 bits per heavy atom. The number of hydrogen-bond acceptors (Lipinski definition) is 0. The van der Waals surface area contributed by atoms with Crippen LogP contribution in [0.25, 0.3) is 0 Å². The molecule has 0 aliphatic carbocycles. The Morgan fingerprint density at radius 3 is 2.24 bits per heavy atom. The summed E-state index contributed by atoms with van der Waals surface area (Å²) in [5.41, 5.74) is 1.18. The molecule has 0 aliphatic rings. The smallest absolute Gasteiger partial charge is 0.0900 e. The molecule has 0 aliphatic heterocycles. The molecule has 0 saturated heterocycles. The van der Waals surface area contributed by atoms with E-state index >= 15 is 0 Å². The molecule has 0 heterocycles. The Bertz CT molecular complexity index is 384. The summed E-state index contributed by atoms with van der Waals surface area (Å²) in [5, 5.41) is 0. The summed E-state index contributed by atoms with van der Waals surface area (Å²) in [6.07, 6.45) is 12.2. The third kappa shape index (κ3) is 5.51. The van der Waals surface area contributed by atoms with E-state index in [2.05, 4.69) is 44.7 Å². The van der Waals surface area contributed by atoms with Crippen LogP contribution < -0.4 is 0 Å². The fourth-order valence-corrected chi connectivity index (χ4v) is 3.49. The van der Waals surface area contributed by atoms with Crippen molar-refractivity contribution in [2.45, 2.75) is 70.1 Å². The molecule has 0 amide bonds. The lowest BCUT2D eigenvalue weighted by molar-refractivity contribution is 0.373. The minimum absolute atomic E-state index is 0.417. The molecule has 0 saturated carbocycles. The molecule has 0 bridgehead atoms. The summed E-state index contributed by atoms with van der Waals surface area (Å²) in [5.74, 6) is 0.463. The maximum atomic E-state index is 6.96. The lowest BCUT2D eigenvalue weighted by Gasteiger charge is -2.33. The first-order chi connectivity index (χ1) is 10.2. The lowest BCUT2D eigenvalue weighted by Crippen LogP contribution is -2.27. The normalized spacial score (nSPS) is 15.4. The van der Waals surface area contributed by atoms with E-state index in [0.29, 0.717) is 5.92 Å². The van der Waals surface area contributed by atoms with Crippen molar-refractivity contribution in [2.75, 3.05) is 0 Å². The van der Waals surface area contributed by atoms with Crippen molar-refractivity contribution >= 4 is 11.6 Å². The first-order valence-corrected chi connectivity index (χ1v) is 8.94. The summed E-state index contributed by atoms with van der Waals surface area (Å²) >= 11 is 6.96. The van der Waals surface area contributed by atoms with Gasteiger partial charge in [0.05, 0.1) is 4.87 Å². The SMILES string of the molecule is C=CC(Cl)(c1ccccc1)C(CC)CCCCCCCC. The van der Waals surface area contributed by atoms with Crippen LogP contribution in [0, 0.1) is 5.92 Å². The van der Waals surface area contributed by atoms with Crippen LogP contribution >= 0.6 is 11.6 Å². The molecule has 0 fully saturated rings. The minimum Gasteiger partial charge on any atom is -0.109 e. The van der Waals surface area contributed by atoms with Gasteiger partial charge in [0, 0.05) is 0 Å². The van der Waals surface area contributed by atoms with E-state index in [9.17, 15) is 0 Å². The van der Waals surface area contributed by atoms with E-state index in [-0.39, 0.29) is 0 Å². The second-order valence-electron chi connectivity index (χ2n) is 6.00. The van der Waals surface area contributed by atoms with Gasteiger partial charge in [-0.3, -0.25) is 0 Å². The van der Waals surface area contributed by atoms with Gasteiger partial charge in [-0.25, -0.2) is 0 Å². The van der Waals surface area contributed by atoms with Crippen LogP contribution in [0.5, 0.6) is 0 Å². The van der Waals surface area contributed by atoms with Crippen molar-refractivity contribution in [3.63, 3.8) is 0 Å². The molecule has 2 atom stereocenters. The Kier molecular flexibility index (Phi) is 8.76. The van der Waals surface area contributed by atoms with Crippen molar-refractivity contribution < 1.29 is 0 Å². The molecule has 1 aromatic carbocycles. The predicted octanol–water partition coefficient (Wildman–Crippen LogP) is 7.08. The molecule has 21 heavy (non-hydrogen) atoms. The van der Waals surface area contributed by atoms with E-state index in [0.717, 1.165) is 6.42 Å². The van der Waals surface area contributed by atoms with Gasteiger partial charge >= 0.3 is 0 Å². The molecule has 1 rings (SSSR count). The van der Waals surface area contributed by atoms with Gasteiger partial charge in [0.1, 0.15) is 0 Å². The first-order valence-electron chi connectivity index (χ1n) is 8.57. The average molecular weight is 307 g/mol. The zero-order valence-electron chi connectivity index (χ0n) is 13.8. The molecule has 1 aromatic rings. The molecule has 1 heteroatoms. The van der Waals surface area contributed by atoms with Gasteiger partial charge in [-0.2, -0.15) is 0 Å². The largest absolute Gasteiger partial charge is 0.109 e. The van der Waals surface area contributed by atoms with Crippen LogP contribution in [0.15, 0.2) is 43.0 Å². The number of hydrogen-bond donors (Lipinski definition) is 0. The van der Waals surface area contributed by atoms with Gasteiger partial charge in [-0.15, -0.1) is 18.2 Å². The highest BCUT2D eigenvalue weighted by atomic mass is 35.5. The number of allylic oxidation sites excluding steroid dienone is 1. The Labute approximate surface area is 136 Å². The van der Waals surface area contributed by atoms with Gasteiger partial charge in [0.25, 0.3) is 0 Å². The molecule has 0 aromatic heterocycles. The van der Waals surface area contributed by atoms with Crippen LogP contribution in [-0.2, 0) is 4.87 Å². The number of unbranched alkanes of at least 4 members (excludes halogenated alkanes) is 5. The van der Waals surface area contributed by atoms with E-state index in [1.54, 1.807) is 0 Å². The van der Waals surface area contributed by atoms with Crippen LogP contribution in [0.3, 0.4) is 0 Å². The molecule has 2 unspecified atom stereocenters. The summed E-state index contributed by atoms with van der Waals surface area (Å²) in [4.78, 5) is -0.417. The predicted molar refractivity (Wildman–Crippen MR) is 95.9 cm³/mol. The van der Waals surface area contributed by atoms with E-state index < -0.39 is 4.87 Å². The third-order valence-corrected chi connectivity index (χ3v) is 5.19. The fourth-order valence-electron chi connectivity index (χ4n) is 3.10. The van der Waals surface area contributed by atoms with Crippen molar-refractivity contribution in [2.24, 2.45) is 5.92 Å². The van der Waals surface area contributed by atoms with Crippen LogP contribution in [0.1, 0.15) is 70.8 Å². The Morgan fingerprint density at radius 1 is 1.05 bits per heavy atom. The number of benzene rings is 1. The first kappa shape index (κ1) is 18.3. The Hall–Kier alpha value is -0.750. The van der Waals surface area contributed by atoms with Crippen molar-refractivity contribution in [1.82, 2.24) is 0 Å². The van der Waals surface area contributed by atoms with Gasteiger partial charge in [0.2, 0.25) is 0 Å². The topological polar surface area (TPSA) is 0 Å². The van der Waals surface area contributed by atoms with Gasteiger partial charge in [0.15, 0.2) is 0 Å². The maximum absolute atomic E-state index is 6.96. The molecule has 0 spiro atoms. The van der Waals surface area contributed by atoms with E-state index in [1.807, 2.05) is 12.1 Å². The molecule has 0 nitrogen and oxygen atoms in total. The summed E-state index contributed by atoms with van der Waals surface area (Å²) in [6, 6.07) is 10.4. The Balaban J connectivity index is 2.58. The summed E-state index contributed by atoms with van der Waals surface area (Å²) < 4.78 is 0. The second kappa shape index (κ2) is 10.1. The lowest BCUT2D eigenvalue weighted by atomic mass is 9.80. The number of rotatable bonds is 11. The molecular formula is C20H31Cl. The summed E-state index contributed by atoms with van der Waals surface area (Å²) in [6.45, 7) is 8.52. The highest BCUT2D eigenvalue weighted by Gasteiger charge is 2.33. The van der Waals surface area contributed by atoms with E-state index in [1.165, 1.54) is 50.5 Å². The van der Waals surface area contributed by atoms with Gasteiger partial charge in [-0.05, 0) is 17.9 Å². The average Bonchev–Trinajstić information content (AvgIpc) is 2.54. The standard InChI is InChI=1S/C20H31Cl/c1-4-7-8-9-10-12-15-18(5-2)20(21,6-3)19-16-13-11-14-17-19/h6,11,13-14,16-18H,3-5,7-10,12,15H2,1-2H3. The van der Waals surface area contributed by atoms with Gasteiger partial charge in [-0.1, -0.05) is 95.2 Å². The maximum Gasteiger partial charge on any atom is 0.0900 e. The van der Waals surface area contributed by atoms with Crippen LogP contribution in [0.2, 0.25) is 0 Å². The van der Waals surface area contributed by atoms with Crippen LogP contribution in [-0.4, -0.2) is 0 Å². The van der Waals surface area contributed by atoms with Crippen molar-refractivity contribution in [3.05, 3.63) is 48.6 Å². The highest BCUT2D eigenvalue weighted by molar-refractivity contribution is 6.25. The zero-order valence-corrected chi connectivity index (χ0v) is 14.5. The quantitative estimate of drug-likeness (QED) is 0.233. The second-order valence-corrected chi connectivity index (χ2v) is 6.63. The molecule has 0 N–H and O–H groups in total. The van der Waals surface area contributed by atoms with Crippen molar-refractivity contribution in [3.8, 4) is 0 Å². The zero-order chi connectivity index (χ0) is 15.6. The van der Waals surface area contributed by atoms with Gasteiger partial charge < -0.3 is 0 Å².